The van der Waals surface area contributed by atoms with Crippen LogP contribution in [0.3, 0.4) is 0 Å². The molecule has 0 aliphatic heterocycles. The summed E-state index contributed by atoms with van der Waals surface area (Å²) in [7, 11) is -3.61. The highest BCUT2D eigenvalue weighted by Crippen LogP contribution is 2.27. The maximum Gasteiger partial charge on any atom is 0.260 e. The number of hydrazone groups is 1. The third kappa shape index (κ3) is 6.71. The number of anilines is 1. The van der Waals surface area contributed by atoms with Gasteiger partial charge in [-0.25, -0.2) is 13.8 Å². The first-order chi connectivity index (χ1) is 13.5. The predicted octanol–water partition coefficient (Wildman–Crippen LogP) is 3.62. The second-order valence-electron chi connectivity index (χ2n) is 7.91. The van der Waals surface area contributed by atoms with Crippen molar-refractivity contribution in [1.29, 1.82) is 0 Å². The standard InChI is InChI=1S/C22H29N3O3S/c1-17-11-13-20(14-12-17)25(29(5,27)28)16-21(26)24-23-18(2)15-22(3,4)19-9-7-6-8-10-19/h6-14H,15-16H2,1-5H3,(H,24,26)/b23-18-. The molecular weight excluding hydrogens is 386 g/mol. The van der Waals surface area contributed by atoms with E-state index in [2.05, 4.69) is 36.5 Å². The van der Waals surface area contributed by atoms with Gasteiger partial charge in [0.1, 0.15) is 6.54 Å². The summed E-state index contributed by atoms with van der Waals surface area (Å²) in [6.07, 6.45) is 1.74. The first-order valence-corrected chi connectivity index (χ1v) is 11.3. The summed E-state index contributed by atoms with van der Waals surface area (Å²) in [6.45, 7) is 7.66. The molecule has 0 fully saturated rings. The van der Waals surface area contributed by atoms with E-state index < -0.39 is 15.9 Å². The first-order valence-electron chi connectivity index (χ1n) is 9.41. The highest BCUT2D eigenvalue weighted by atomic mass is 32.2. The Morgan fingerprint density at radius 3 is 2.21 bits per heavy atom. The average Bonchev–Trinajstić information content (AvgIpc) is 2.65. The van der Waals surface area contributed by atoms with Crippen LogP contribution in [0.15, 0.2) is 59.7 Å². The molecule has 0 heterocycles. The Labute approximate surface area is 173 Å². The number of carbonyl (C=O) groups excluding carboxylic acids is 1. The van der Waals surface area contributed by atoms with E-state index >= 15 is 0 Å². The average molecular weight is 416 g/mol. The second-order valence-corrected chi connectivity index (χ2v) is 9.82. The maximum atomic E-state index is 12.4. The van der Waals surface area contributed by atoms with Gasteiger partial charge in [-0.3, -0.25) is 9.10 Å². The molecule has 0 aliphatic carbocycles. The Morgan fingerprint density at radius 1 is 1.07 bits per heavy atom. The van der Waals surface area contributed by atoms with Crippen molar-refractivity contribution in [3.8, 4) is 0 Å². The smallest absolute Gasteiger partial charge is 0.260 e. The van der Waals surface area contributed by atoms with E-state index in [9.17, 15) is 13.2 Å². The van der Waals surface area contributed by atoms with Crippen LogP contribution in [0.1, 0.15) is 38.3 Å². The molecule has 0 unspecified atom stereocenters. The molecule has 7 heteroatoms. The molecule has 1 amide bonds. The van der Waals surface area contributed by atoms with Crippen molar-refractivity contribution in [1.82, 2.24) is 5.43 Å². The predicted molar refractivity (Wildman–Crippen MR) is 119 cm³/mol. The van der Waals surface area contributed by atoms with Crippen LogP contribution in [0.5, 0.6) is 0 Å². The molecule has 0 atom stereocenters. The molecule has 0 aromatic heterocycles. The number of hydrogen-bond donors (Lipinski definition) is 1. The molecule has 2 aromatic carbocycles. The fraction of sp³-hybridized carbons (Fsp3) is 0.364. The maximum absolute atomic E-state index is 12.4. The van der Waals surface area contributed by atoms with E-state index in [0.29, 0.717) is 12.1 Å². The molecule has 0 saturated heterocycles. The first kappa shape index (κ1) is 22.6. The van der Waals surface area contributed by atoms with E-state index in [-0.39, 0.29) is 12.0 Å². The number of aryl methyl sites for hydroxylation is 1. The van der Waals surface area contributed by atoms with E-state index in [0.717, 1.165) is 21.8 Å². The molecule has 6 nitrogen and oxygen atoms in total. The summed E-state index contributed by atoms with van der Waals surface area (Å²) in [4.78, 5) is 12.4. The number of benzene rings is 2. The molecule has 0 saturated carbocycles. The van der Waals surface area contributed by atoms with Crippen LogP contribution >= 0.6 is 0 Å². The van der Waals surface area contributed by atoms with Gasteiger partial charge in [0, 0.05) is 5.71 Å². The molecule has 0 aliphatic rings. The number of hydrogen-bond acceptors (Lipinski definition) is 4. The number of rotatable bonds is 8. The number of sulfonamides is 1. The van der Waals surface area contributed by atoms with Gasteiger partial charge in [0.15, 0.2) is 0 Å². The third-order valence-corrected chi connectivity index (χ3v) is 5.77. The lowest BCUT2D eigenvalue weighted by atomic mass is 9.80. The quantitative estimate of drug-likeness (QED) is 0.528. The Kier molecular flexibility index (Phi) is 7.19. The molecule has 1 N–H and O–H groups in total. The minimum Gasteiger partial charge on any atom is -0.271 e. The number of nitrogens with one attached hydrogen (secondary N) is 1. The molecule has 0 bridgehead atoms. The van der Waals surface area contributed by atoms with Crippen molar-refractivity contribution < 1.29 is 13.2 Å². The molecule has 156 valence electrons. The minimum absolute atomic E-state index is 0.139. The van der Waals surface area contributed by atoms with Gasteiger partial charge in [-0.15, -0.1) is 0 Å². The van der Waals surface area contributed by atoms with Crippen LogP contribution in [-0.4, -0.2) is 32.8 Å². The van der Waals surface area contributed by atoms with Crippen molar-refractivity contribution >= 4 is 27.3 Å². The van der Waals surface area contributed by atoms with Gasteiger partial charge in [0.25, 0.3) is 5.91 Å². The van der Waals surface area contributed by atoms with Gasteiger partial charge in [-0.2, -0.15) is 5.10 Å². The fourth-order valence-corrected chi connectivity index (χ4v) is 3.96. The van der Waals surface area contributed by atoms with Crippen molar-refractivity contribution in [2.45, 2.75) is 39.5 Å². The van der Waals surface area contributed by atoms with E-state index in [1.165, 1.54) is 5.56 Å². The third-order valence-electron chi connectivity index (χ3n) is 4.63. The Balaban J connectivity index is 2.05. The summed E-state index contributed by atoms with van der Waals surface area (Å²) in [5, 5.41) is 4.17. The largest absolute Gasteiger partial charge is 0.271 e. The highest BCUT2D eigenvalue weighted by Gasteiger charge is 2.23. The summed E-state index contributed by atoms with van der Waals surface area (Å²) < 4.78 is 25.4. The summed E-state index contributed by atoms with van der Waals surface area (Å²) >= 11 is 0. The zero-order chi connectivity index (χ0) is 21.7. The van der Waals surface area contributed by atoms with E-state index in [4.69, 9.17) is 0 Å². The number of nitrogens with zero attached hydrogens (tertiary/aromatic N) is 2. The van der Waals surface area contributed by atoms with Crippen LogP contribution < -0.4 is 9.73 Å². The Bertz CT molecular complexity index is 966. The Morgan fingerprint density at radius 2 is 1.66 bits per heavy atom. The van der Waals surface area contributed by atoms with Crippen LogP contribution in [0.2, 0.25) is 0 Å². The van der Waals surface area contributed by atoms with Gasteiger partial charge in [0.05, 0.1) is 11.9 Å². The van der Waals surface area contributed by atoms with Crippen LogP contribution in [0.25, 0.3) is 0 Å². The fourth-order valence-electron chi connectivity index (χ4n) is 3.11. The summed E-state index contributed by atoms with van der Waals surface area (Å²) in [6, 6.07) is 17.1. The van der Waals surface area contributed by atoms with Crippen LogP contribution in [-0.2, 0) is 20.2 Å². The van der Waals surface area contributed by atoms with E-state index in [1.807, 2.05) is 32.0 Å². The molecule has 2 aromatic rings. The van der Waals surface area contributed by atoms with Crippen molar-refractivity contribution in [3.63, 3.8) is 0 Å². The lowest BCUT2D eigenvalue weighted by Gasteiger charge is -2.25. The normalized spacial score (nSPS) is 12.5. The lowest BCUT2D eigenvalue weighted by Crippen LogP contribution is -2.39. The molecule has 2 rings (SSSR count). The van der Waals surface area contributed by atoms with Gasteiger partial charge >= 0.3 is 0 Å². The molecule has 0 spiro atoms. The van der Waals surface area contributed by atoms with Crippen LogP contribution in [0.4, 0.5) is 5.69 Å². The monoisotopic (exact) mass is 415 g/mol. The zero-order valence-corrected chi connectivity index (χ0v) is 18.5. The highest BCUT2D eigenvalue weighted by molar-refractivity contribution is 7.92. The summed E-state index contributed by atoms with van der Waals surface area (Å²) in [5.74, 6) is -0.493. The van der Waals surface area contributed by atoms with E-state index in [1.54, 1.807) is 24.3 Å². The zero-order valence-electron chi connectivity index (χ0n) is 17.6. The molecule has 29 heavy (non-hydrogen) atoms. The van der Waals surface area contributed by atoms with Crippen molar-refractivity contribution in [3.05, 3.63) is 65.7 Å². The number of amides is 1. The lowest BCUT2D eigenvalue weighted by molar-refractivity contribution is -0.119. The van der Waals surface area contributed by atoms with Crippen molar-refractivity contribution in [2.75, 3.05) is 17.1 Å². The SMILES string of the molecule is C/C(CC(C)(C)c1ccccc1)=N/NC(=O)CN(c1ccc(C)cc1)S(C)(=O)=O. The summed E-state index contributed by atoms with van der Waals surface area (Å²) in [5.41, 5.74) is 5.74. The van der Waals surface area contributed by atoms with Gasteiger partial charge < -0.3 is 0 Å². The number of carbonyl (C=O) groups is 1. The van der Waals surface area contributed by atoms with Gasteiger partial charge in [-0.1, -0.05) is 61.9 Å². The molecule has 0 radical (unpaired) electrons. The Hall–Kier alpha value is -2.67. The van der Waals surface area contributed by atoms with Gasteiger partial charge in [0.2, 0.25) is 10.0 Å². The minimum atomic E-state index is -3.61. The van der Waals surface area contributed by atoms with Crippen molar-refractivity contribution in [2.24, 2.45) is 5.10 Å². The second kappa shape index (κ2) is 9.22. The molecular formula is C22H29N3O3S. The van der Waals surface area contributed by atoms with Gasteiger partial charge in [-0.05, 0) is 43.4 Å². The van der Waals surface area contributed by atoms with Crippen LogP contribution in [0, 0.1) is 6.92 Å². The topological polar surface area (TPSA) is 78.8 Å².